The number of carbonyl (C=O) groups excluding carboxylic acids is 1. The summed E-state index contributed by atoms with van der Waals surface area (Å²) >= 11 is 0. The van der Waals surface area contributed by atoms with E-state index in [1.807, 2.05) is 36.9 Å². The normalized spacial score (nSPS) is 26.1. The van der Waals surface area contributed by atoms with Gasteiger partial charge in [-0.3, -0.25) is 9.69 Å². The summed E-state index contributed by atoms with van der Waals surface area (Å²) in [5, 5.41) is 2.94. The molecule has 4 rings (SSSR count). The van der Waals surface area contributed by atoms with Gasteiger partial charge in [-0.2, -0.15) is 0 Å². The van der Waals surface area contributed by atoms with Gasteiger partial charge in [-0.25, -0.2) is 4.98 Å². The number of hydrogen-bond acceptors (Lipinski definition) is 5. The number of rotatable bonds is 5. The number of carbonyl (C=O) groups is 1. The van der Waals surface area contributed by atoms with Gasteiger partial charge in [0.1, 0.15) is 23.4 Å². The van der Waals surface area contributed by atoms with E-state index in [1.165, 1.54) is 0 Å². The molecule has 25 heavy (non-hydrogen) atoms. The van der Waals surface area contributed by atoms with Crippen molar-refractivity contribution in [1.29, 1.82) is 0 Å². The largest absolute Gasteiger partial charge is 0.465 e. The number of amides is 1. The Kier molecular flexibility index (Phi) is 4.35. The Labute approximate surface area is 147 Å². The van der Waals surface area contributed by atoms with E-state index in [1.54, 1.807) is 6.20 Å². The molecule has 4 heterocycles. The van der Waals surface area contributed by atoms with E-state index in [4.69, 9.17) is 9.15 Å². The lowest BCUT2D eigenvalue weighted by Crippen LogP contribution is -2.36. The van der Waals surface area contributed by atoms with Crippen LogP contribution in [-0.2, 0) is 29.7 Å². The maximum absolute atomic E-state index is 12.4. The second-order valence-electron chi connectivity index (χ2n) is 6.91. The zero-order valence-electron chi connectivity index (χ0n) is 14.6. The number of aromatic nitrogens is 2. The molecule has 2 aliphatic heterocycles. The highest BCUT2D eigenvalue weighted by Crippen LogP contribution is 2.34. The standard InChI is InChI=1S/C18H24N4O3/c1-12-3-4-13(24-12)11-22-7-5-15-14(22)9-16(25-15)18(23)20-10-17-19-6-8-21(17)2/h3-4,6,8,14-16H,5,7,9-11H2,1-2H3,(H,20,23)/t14-,15-,16+/m1/s1. The van der Waals surface area contributed by atoms with Gasteiger partial charge in [0.15, 0.2) is 0 Å². The van der Waals surface area contributed by atoms with Crippen LogP contribution in [0.4, 0.5) is 0 Å². The first-order chi connectivity index (χ1) is 12.1. The smallest absolute Gasteiger partial charge is 0.249 e. The van der Waals surface area contributed by atoms with Gasteiger partial charge in [-0.05, 0) is 25.5 Å². The van der Waals surface area contributed by atoms with Gasteiger partial charge < -0.3 is 19.0 Å². The minimum atomic E-state index is -0.378. The van der Waals surface area contributed by atoms with Crippen LogP contribution >= 0.6 is 0 Å². The molecule has 0 unspecified atom stereocenters. The third-order valence-electron chi connectivity index (χ3n) is 5.18. The quantitative estimate of drug-likeness (QED) is 0.887. The summed E-state index contributed by atoms with van der Waals surface area (Å²) in [6.45, 7) is 4.14. The summed E-state index contributed by atoms with van der Waals surface area (Å²) in [5.41, 5.74) is 0. The molecule has 2 aromatic heterocycles. The summed E-state index contributed by atoms with van der Waals surface area (Å²) in [7, 11) is 1.92. The van der Waals surface area contributed by atoms with Crippen LogP contribution in [-0.4, -0.2) is 45.2 Å². The molecule has 2 fully saturated rings. The molecule has 2 aliphatic rings. The van der Waals surface area contributed by atoms with Crippen molar-refractivity contribution in [2.45, 2.75) is 51.1 Å². The van der Waals surface area contributed by atoms with Crippen LogP contribution in [0.25, 0.3) is 0 Å². The van der Waals surface area contributed by atoms with Crippen molar-refractivity contribution in [3.05, 3.63) is 41.9 Å². The van der Waals surface area contributed by atoms with Gasteiger partial charge in [0.25, 0.3) is 0 Å². The maximum atomic E-state index is 12.4. The third-order valence-corrected chi connectivity index (χ3v) is 5.18. The molecule has 2 saturated heterocycles. The Balaban J connectivity index is 1.32. The Hall–Kier alpha value is -2.12. The van der Waals surface area contributed by atoms with Gasteiger partial charge >= 0.3 is 0 Å². The first-order valence-electron chi connectivity index (χ1n) is 8.79. The number of hydrogen-bond donors (Lipinski definition) is 1. The number of nitrogens with one attached hydrogen (secondary N) is 1. The molecule has 3 atom stereocenters. The first-order valence-corrected chi connectivity index (χ1v) is 8.79. The molecule has 0 aromatic carbocycles. The van der Waals surface area contributed by atoms with Crippen LogP contribution < -0.4 is 5.32 Å². The van der Waals surface area contributed by atoms with Crippen LogP contribution in [0, 0.1) is 6.92 Å². The highest BCUT2D eigenvalue weighted by molar-refractivity contribution is 5.81. The second kappa shape index (κ2) is 6.65. The zero-order chi connectivity index (χ0) is 17.4. The van der Waals surface area contributed by atoms with Crippen molar-refractivity contribution in [3.63, 3.8) is 0 Å². The highest BCUT2D eigenvalue weighted by Gasteiger charge is 2.45. The van der Waals surface area contributed by atoms with Gasteiger partial charge in [0.05, 0.1) is 19.2 Å². The van der Waals surface area contributed by atoms with Crippen molar-refractivity contribution in [1.82, 2.24) is 19.8 Å². The molecule has 1 amide bonds. The molecule has 0 aliphatic carbocycles. The average molecular weight is 344 g/mol. The monoisotopic (exact) mass is 344 g/mol. The molecular formula is C18H24N4O3. The topological polar surface area (TPSA) is 72.5 Å². The number of imidazole rings is 1. The van der Waals surface area contributed by atoms with E-state index in [9.17, 15) is 4.79 Å². The second-order valence-corrected chi connectivity index (χ2v) is 6.91. The third kappa shape index (κ3) is 3.34. The summed E-state index contributed by atoms with van der Waals surface area (Å²) in [4.78, 5) is 19.0. The van der Waals surface area contributed by atoms with Crippen LogP contribution in [0.3, 0.4) is 0 Å². The van der Waals surface area contributed by atoms with Crippen LogP contribution in [0.2, 0.25) is 0 Å². The number of nitrogens with zero attached hydrogens (tertiary/aromatic N) is 3. The molecule has 2 aromatic rings. The fraction of sp³-hybridized carbons (Fsp3) is 0.556. The van der Waals surface area contributed by atoms with Crippen molar-refractivity contribution in [3.8, 4) is 0 Å². The van der Waals surface area contributed by atoms with Crippen molar-refractivity contribution in [2.75, 3.05) is 6.54 Å². The van der Waals surface area contributed by atoms with E-state index in [0.29, 0.717) is 6.54 Å². The number of fused-ring (bicyclic) bond motifs is 1. The van der Waals surface area contributed by atoms with Crippen LogP contribution in [0.1, 0.15) is 30.2 Å². The number of aryl methyl sites for hydroxylation is 2. The minimum Gasteiger partial charge on any atom is -0.465 e. The summed E-state index contributed by atoms with van der Waals surface area (Å²) < 4.78 is 13.6. The fourth-order valence-electron chi connectivity index (χ4n) is 3.81. The van der Waals surface area contributed by atoms with Gasteiger partial charge in [-0.1, -0.05) is 0 Å². The molecular weight excluding hydrogens is 320 g/mol. The first kappa shape index (κ1) is 16.4. The average Bonchev–Trinajstić information content (AvgIpc) is 3.33. The van der Waals surface area contributed by atoms with Crippen molar-refractivity contribution in [2.24, 2.45) is 7.05 Å². The van der Waals surface area contributed by atoms with E-state index < -0.39 is 0 Å². The molecule has 1 N–H and O–H groups in total. The lowest BCUT2D eigenvalue weighted by atomic mass is 10.1. The Morgan fingerprint density at radius 3 is 3.04 bits per heavy atom. The van der Waals surface area contributed by atoms with E-state index >= 15 is 0 Å². The SMILES string of the molecule is Cc1ccc(CN2CC[C@H]3O[C@H](C(=O)NCc4nccn4C)C[C@H]32)o1. The zero-order valence-corrected chi connectivity index (χ0v) is 14.6. The van der Waals surface area contributed by atoms with Crippen LogP contribution in [0.5, 0.6) is 0 Å². The highest BCUT2D eigenvalue weighted by atomic mass is 16.5. The molecule has 0 radical (unpaired) electrons. The van der Waals surface area contributed by atoms with E-state index in [2.05, 4.69) is 15.2 Å². The lowest BCUT2D eigenvalue weighted by molar-refractivity contribution is -0.132. The fourth-order valence-corrected chi connectivity index (χ4v) is 3.81. The predicted octanol–water partition coefficient (Wildman–Crippen LogP) is 1.37. The molecule has 0 saturated carbocycles. The minimum absolute atomic E-state index is 0.0498. The number of likely N-dealkylation sites (tertiary alicyclic amines) is 1. The van der Waals surface area contributed by atoms with Crippen LogP contribution in [0.15, 0.2) is 28.9 Å². The predicted molar refractivity (Wildman–Crippen MR) is 90.6 cm³/mol. The van der Waals surface area contributed by atoms with Crippen molar-refractivity contribution >= 4 is 5.91 Å². The maximum Gasteiger partial charge on any atom is 0.249 e. The molecule has 7 heteroatoms. The molecule has 0 spiro atoms. The summed E-state index contributed by atoms with van der Waals surface area (Å²) in [6.07, 6.45) is 5.05. The van der Waals surface area contributed by atoms with Gasteiger partial charge in [0.2, 0.25) is 5.91 Å². The Bertz CT molecular complexity index is 753. The Morgan fingerprint density at radius 1 is 1.44 bits per heavy atom. The van der Waals surface area contributed by atoms with Gasteiger partial charge in [-0.15, -0.1) is 0 Å². The number of ether oxygens (including phenoxy) is 1. The number of furan rings is 1. The van der Waals surface area contributed by atoms with Gasteiger partial charge in [0, 0.05) is 38.4 Å². The lowest BCUT2D eigenvalue weighted by Gasteiger charge is -2.21. The molecule has 7 nitrogen and oxygen atoms in total. The molecule has 0 bridgehead atoms. The summed E-state index contributed by atoms with van der Waals surface area (Å²) in [5.74, 6) is 2.69. The van der Waals surface area contributed by atoms with E-state index in [-0.39, 0.29) is 24.2 Å². The van der Waals surface area contributed by atoms with Crippen molar-refractivity contribution < 1.29 is 13.9 Å². The molecule has 134 valence electrons. The summed E-state index contributed by atoms with van der Waals surface area (Å²) in [6, 6.07) is 4.30. The Morgan fingerprint density at radius 2 is 2.32 bits per heavy atom. The van der Waals surface area contributed by atoms with E-state index in [0.717, 1.165) is 43.3 Å².